The third kappa shape index (κ3) is 11.6. The van der Waals surface area contributed by atoms with Crippen molar-refractivity contribution in [3.05, 3.63) is 0 Å². The molecule has 176 valence electrons. The quantitative estimate of drug-likeness (QED) is 0.296. The first-order chi connectivity index (χ1) is 14.4. The topological polar surface area (TPSA) is 158 Å². The van der Waals surface area contributed by atoms with Crippen molar-refractivity contribution in [3.8, 4) is 0 Å². The van der Waals surface area contributed by atoms with Crippen LogP contribution in [0.1, 0.15) is 48.0 Å². The molecule has 0 spiro atoms. The molecule has 0 aromatic rings. The van der Waals surface area contributed by atoms with Crippen LogP contribution in [-0.4, -0.2) is 73.4 Å². The molecule has 0 saturated heterocycles. The summed E-state index contributed by atoms with van der Waals surface area (Å²) in [5.74, 6) is -5.46. The predicted molar refractivity (Wildman–Crippen MR) is 100 cm³/mol. The highest BCUT2D eigenvalue weighted by molar-refractivity contribution is 5.80. The van der Waals surface area contributed by atoms with Gasteiger partial charge >= 0.3 is 35.8 Å². The Hall–Kier alpha value is -3.18. The maximum atomic E-state index is 12.5. The Bertz CT molecular complexity index is 671. The van der Waals surface area contributed by atoms with Crippen molar-refractivity contribution in [3.63, 3.8) is 0 Å². The van der Waals surface area contributed by atoms with Crippen LogP contribution in [0.2, 0.25) is 0 Å². The van der Waals surface area contributed by atoms with Crippen molar-refractivity contribution < 1.29 is 57.2 Å². The Morgan fingerprint density at radius 1 is 0.613 bits per heavy atom. The Labute approximate surface area is 179 Å². The van der Waals surface area contributed by atoms with Crippen LogP contribution >= 0.6 is 0 Å². The summed E-state index contributed by atoms with van der Waals surface area (Å²) in [6.45, 7) is 6.18. The van der Waals surface area contributed by atoms with Crippen LogP contribution in [0.5, 0.6) is 0 Å². The van der Waals surface area contributed by atoms with Gasteiger partial charge in [0.05, 0.1) is 6.61 Å². The predicted octanol–water partition coefficient (Wildman–Crippen LogP) is 0.230. The molecule has 31 heavy (non-hydrogen) atoms. The third-order valence-electron chi connectivity index (χ3n) is 3.33. The minimum Gasteiger partial charge on any atom is -0.463 e. The number of ether oxygens (including phenoxy) is 6. The number of hydrogen-bond acceptors (Lipinski definition) is 12. The van der Waals surface area contributed by atoms with Crippen LogP contribution in [0, 0.1) is 0 Å². The minimum absolute atomic E-state index is 0.0392. The van der Waals surface area contributed by atoms with E-state index in [4.69, 9.17) is 28.4 Å². The molecule has 4 atom stereocenters. The highest BCUT2D eigenvalue weighted by Crippen LogP contribution is 2.21. The summed E-state index contributed by atoms with van der Waals surface area (Å²) in [7, 11) is 0. The Kier molecular flexibility index (Phi) is 12.5. The smallest absolute Gasteiger partial charge is 0.351 e. The molecule has 0 rings (SSSR count). The van der Waals surface area contributed by atoms with Gasteiger partial charge < -0.3 is 28.4 Å². The molecule has 0 amide bonds. The minimum atomic E-state index is -1.87. The van der Waals surface area contributed by atoms with Crippen LogP contribution in [0.25, 0.3) is 0 Å². The highest BCUT2D eigenvalue weighted by Gasteiger charge is 2.47. The molecule has 0 fully saturated rings. The largest absolute Gasteiger partial charge is 0.463 e. The molecular formula is C19H28O12. The van der Waals surface area contributed by atoms with E-state index >= 15 is 0 Å². The van der Waals surface area contributed by atoms with Crippen molar-refractivity contribution in [2.45, 2.75) is 72.4 Å². The first-order valence-corrected chi connectivity index (χ1v) is 9.37. The summed E-state index contributed by atoms with van der Waals surface area (Å²) in [5, 5.41) is 0. The van der Waals surface area contributed by atoms with E-state index in [1.54, 1.807) is 6.92 Å². The summed E-state index contributed by atoms with van der Waals surface area (Å²) in [6, 6.07) is 0. The second kappa shape index (κ2) is 13.9. The normalized spacial score (nSPS) is 14.1. The molecular weight excluding hydrogens is 420 g/mol. The zero-order valence-corrected chi connectivity index (χ0v) is 18.3. The van der Waals surface area contributed by atoms with Crippen molar-refractivity contribution in [1.82, 2.24) is 0 Å². The Morgan fingerprint density at radius 2 is 1.10 bits per heavy atom. The standard InChI is InChI=1S/C19H28O12/c1-7-8-26-19(25)18(31-14(6)24)17(30-13(5)23)16(29-12(4)22)15(28-11(3)21)9-27-10(2)20/h15-18H,7-9H2,1-6H3/t15-,16+,17+,18-/m1/s1. The third-order valence-corrected chi connectivity index (χ3v) is 3.33. The maximum absolute atomic E-state index is 12.5. The zero-order valence-electron chi connectivity index (χ0n) is 18.3. The number of rotatable bonds is 12. The lowest BCUT2D eigenvalue weighted by molar-refractivity contribution is -0.208. The van der Waals surface area contributed by atoms with E-state index < -0.39 is 66.8 Å². The lowest BCUT2D eigenvalue weighted by Crippen LogP contribution is -2.55. The van der Waals surface area contributed by atoms with Crippen molar-refractivity contribution >= 4 is 35.8 Å². The number of esters is 6. The molecule has 0 aromatic heterocycles. The number of hydrogen-bond donors (Lipinski definition) is 0. The monoisotopic (exact) mass is 448 g/mol. The molecule has 12 heteroatoms. The van der Waals surface area contributed by atoms with Crippen molar-refractivity contribution in [2.24, 2.45) is 0 Å². The van der Waals surface area contributed by atoms with Gasteiger partial charge in [0.15, 0.2) is 18.3 Å². The SMILES string of the molecule is CCCOC(=O)[C@H](OC(C)=O)[C@@H](OC(C)=O)[C@@H](OC(C)=O)[C@@H](COC(C)=O)OC(C)=O. The Balaban J connectivity index is 6.34. The highest BCUT2D eigenvalue weighted by atomic mass is 16.6. The summed E-state index contributed by atoms with van der Waals surface area (Å²) in [4.78, 5) is 70.4. The molecule has 0 aliphatic carbocycles. The van der Waals surface area contributed by atoms with Gasteiger partial charge in [0.25, 0.3) is 0 Å². The van der Waals surface area contributed by atoms with Crippen LogP contribution in [0.4, 0.5) is 0 Å². The number of carbonyl (C=O) groups is 6. The average Bonchev–Trinajstić information content (AvgIpc) is 2.63. The molecule has 0 unspecified atom stereocenters. The summed E-state index contributed by atoms with van der Waals surface area (Å²) in [5.41, 5.74) is 0. The summed E-state index contributed by atoms with van der Waals surface area (Å²) < 4.78 is 30.1. The van der Waals surface area contributed by atoms with E-state index in [0.717, 1.165) is 34.6 Å². The first-order valence-electron chi connectivity index (χ1n) is 9.37. The second-order valence-electron chi connectivity index (χ2n) is 6.30. The van der Waals surface area contributed by atoms with E-state index in [1.807, 2.05) is 0 Å². The average molecular weight is 448 g/mol. The molecule has 0 aliphatic heterocycles. The fourth-order valence-corrected chi connectivity index (χ4v) is 2.36. The first kappa shape index (κ1) is 27.8. The molecule has 12 nitrogen and oxygen atoms in total. The van der Waals surface area contributed by atoms with Crippen LogP contribution in [0.3, 0.4) is 0 Å². The van der Waals surface area contributed by atoms with Gasteiger partial charge in [-0.15, -0.1) is 0 Å². The van der Waals surface area contributed by atoms with Gasteiger partial charge in [0.1, 0.15) is 6.61 Å². The van der Waals surface area contributed by atoms with E-state index in [1.165, 1.54) is 0 Å². The maximum Gasteiger partial charge on any atom is 0.351 e. The molecule has 0 aliphatic rings. The lowest BCUT2D eigenvalue weighted by Gasteiger charge is -2.34. The van der Waals surface area contributed by atoms with E-state index in [9.17, 15) is 28.8 Å². The van der Waals surface area contributed by atoms with Crippen LogP contribution in [0.15, 0.2) is 0 Å². The Morgan fingerprint density at radius 3 is 1.52 bits per heavy atom. The van der Waals surface area contributed by atoms with Gasteiger partial charge in [-0.25, -0.2) is 4.79 Å². The van der Waals surface area contributed by atoms with Gasteiger partial charge in [-0.2, -0.15) is 0 Å². The van der Waals surface area contributed by atoms with Gasteiger partial charge in [0, 0.05) is 34.6 Å². The van der Waals surface area contributed by atoms with Crippen LogP contribution < -0.4 is 0 Å². The van der Waals surface area contributed by atoms with Gasteiger partial charge in [-0.1, -0.05) is 6.92 Å². The second-order valence-corrected chi connectivity index (χ2v) is 6.30. The van der Waals surface area contributed by atoms with E-state index in [-0.39, 0.29) is 6.61 Å². The lowest BCUT2D eigenvalue weighted by atomic mass is 10.0. The van der Waals surface area contributed by atoms with E-state index in [0.29, 0.717) is 6.42 Å². The van der Waals surface area contributed by atoms with Gasteiger partial charge in [0.2, 0.25) is 6.10 Å². The fourth-order valence-electron chi connectivity index (χ4n) is 2.36. The van der Waals surface area contributed by atoms with Gasteiger partial charge in [-0.05, 0) is 6.42 Å². The molecule has 0 saturated carbocycles. The number of carbonyl (C=O) groups excluding carboxylic acids is 6. The van der Waals surface area contributed by atoms with Crippen molar-refractivity contribution in [2.75, 3.05) is 13.2 Å². The molecule has 0 heterocycles. The molecule has 0 bridgehead atoms. The zero-order chi connectivity index (χ0) is 24.1. The summed E-state index contributed by atoms with van der Waals surface area (Å²) in [6.07, 6.45) is -6.41. The fraction of sp³-hybridized carbons (Fsp3) is 0.684. The van der Waals surface area contributed by atoms with Crippen LogP contribution in [-0.2, 0) is 57.2 Å². The van der Waals surface area contributed by atoms with E-state index in [2.05, 4.69) is 0 Å². The summed E-state index contributed by atoms with van der Waals surface area (Å²) >= 11 is 0. The molecule has 0 radical (unpaired) electrons. The van der Waals surface area contributed by atoms with Crippen molar-refractivity contribution in [1.29, 1.82) is 0 Å². The van der Waals surface area contributed by atoms with Gasteiger partial charge in [-0.3, -0.25) is 24.0 Å². The molecule has 0 aromatic carbocycles. The molecule has 0 N–H and O–H groups in total.